The highest BCUT2D eigenvalue weighted by Crippen LogP contribution is 2.36. The molecule has 0 aromatic heterocycles. The van der Waals surface area contributed by atoms with E-state index >= 15 is 0 Å². The van der Waals surface area contributed by atoms with Crippen LogP contribution in [0.15, 0.2) is 18.2 Å². The molecule has 114 valence electrons. The Morgan fingerprint density at radius 2 is 2.14 bits per heavy atom. The fourth-order valence-electron chi connectivity index (χ4n) is 1.77. The summed E-state index contributed by atoms with van der Waals surface area (Å²) in [5.41, 5.74) is -0.840. The first-order valence-electron chi connectivity index (χ1n) is 5.88. The molecule has 1 heterocycles. The lowest BCUT2D eigenvalue weighted by molar-refractivity contribution is -0.139. The van der Waals surface area contributed by atoms with Crippen molar-refractivity contribution >= 4 is 40.6 Å². The van der Waals surface area contributed by atoms with E-state index in [2.05, 4.69) is 10.6 Å². The molecular formula is C12H10ClF3N2O2S. The SMILES string of the molecule is O=C1OCCC1NC(=S)Nc1ccc(Cl)c(C(F)(F)F)c1. The van der Waals surface area contributed by atoms with E-state index in [1.807, 2.05) is 0 Å². The van der Waals surface area contributed by atoms with Gasteiger partial charge in [-0.3, -0.25) is 0 Å². The van der Waals surface area contributed by atoms with E-state index in [1.165, 1.54) is 6.07 Å². The normalized spacial score (nSPS) is 18.3. The number of esters is 1. The molecule has 0 amide bonds. The molecule has 21 heavy (non-hydrogen) atoms. The van der Waals surface area contributed by atoms with Gasteiger partial charge in [0.05, 0.1) is 17.2 Å². The molecule has 0 aliphatic carbocycles. The number of ether oxygens (including phenoxy) is 1. The maximum Gasteiger partial charge on any atom is 0.417 e. The van der Waals surface area contributed by atoms with Crippen LogP contribution in [0, 0.1) is 0 Å². The van der Waals surface area contributed by atoms with Crippen molar-refractivity contribution in [3.63, 3.8) is 0 Å². The molecule has 0 radical (unpaired) electrons. The van der Waals surface area contributed by atoms with Crippen LogP contribution >= 0.6 is 23.8 Å². The highest BCUT2D eigenvalue weighted by molar-refractivity contribution is 7.80. The molecule has 4 nitrogen and oxygen atoms in total. The van der Waals surface area contributed by atoms with Gasteiger partial charge >= 0.3 is 12.1 Å². The van der Waals surface area contributed by atoms with Gasteiger partial charge in [0.2, 0.25) is 0 Å². The zero-order chi connectivity index (χ0) is 15.6. The Hall–Kier alpha value is -1.54. The molecule has 0 saturated carbocycles. The van der Waals surface area contributed by atoms with Crippen LogP contribution < -0.4 is 10.6 Å². The molecule has 1 aliphatic rings. The summed E-state index contributed by atoms with van der Waals surface area (Å²) in [6, 6.07) is 2.75. The highest BCUT2D eigenvalue weighted by atomic mass is 35.5. The molecule has 2 rings (SSSR count). The molecule has 9 heteroatoms. The molecule has 1 atom stereocenters. The zero-order valence-electron chi connectivity index (χ0n) is 10.5. The van der Waals surface area contributed by atoms with Gasteiger partial charge in [-0.15, -0.1) is 0 Å². The van der Waals surface area contributed by atoms with Crippen LogP contribution in [0.2, 0.25) is 5.02 Å². The number of carbonyl (C=O) groups is 1. The van der Waals surface area contributed by atoms with Crippen molar-refractivity contribution in [1.29, 1.82) is 0 Å². The smallest absolute Gasteiger partial charge is 0.417 e. The predicted molar refractivity (Wildman–Crippen MR) is 75.2 cm³/mol. The number of anilines is 1. The molecular weight excluding hydrogens is 329 g/mol. The van der Waals surface area contributed by atoms with Gasteiger partial charge in [-0.05, 0) is 30.4 Å². The fourth-order valence-corrected chi connectivity index (χ4v) is 2.26. The van der Waals surface area contributed by atoms with Crippen molar-refractivity contribution in [3.05, 3.63) is 28.8 Å². The quantitative estimate of drug-likeness (QED) is 0.641. The number of thiocarbonyl (C=S) groups is 1. The molecule has 1 unspecified atom stereocenters. The Morgan fingerprint density at radius 1 is 1.43 bits per heavy atom. The van der Waals surface area contributed by atoms with Crippen molar-refractivity contribution in [2.45, 2.75) is 18.6 Å². The van der Waals surface area contributed by atoms with Gasteiger partial charge in [-0.2, -0.15) is 13.2 Å². The second kappa shape index (κ2) is 6.07. The second-order valence-electron chi connectivity index (χ2n) is 4.30. The van der Waals surface area contributed by atoms with Gasteiger partial charge in [-0.25, -0.2) is 4.79 Å². The van der Waals surface area contributed by atoms with Gasteiger partial charge in [-0.1, -0.05) is 11.6 Å². The van der Waals surface area contributed by atoms with Crippen LogP contribution in [0.25, 0.3) is 0 Å². The standard InChI is InChI=1S/C12H10ClF3N2O2S/c13-8-2-1-6(5-7(8)12(14,15)16)17-11(21)18-9-3-4-20-10(9)19/h1-2,5,9H,3-4H2,(H2,17,18,21). The molecule has 1 fully saturated rings. The number of cyclic esters (lactones) is 1. The molecule has 1 saturated heterocycles. The number of alkyl halides is 3. The zero-order valence-corrected chi connectivity index (χ0v) is 12.0. The minimum Gasteiger partial charge on any atom is -0.464 e. The third kappa shape index (κ3) is 3.98. The Morgan fingerprint density at radius 3 is 2.71 bits per heavy atom. The Balaban J connectivity index is 2.06. The largest absolute Gasteiger partial charge is 0.464 e. The number of hydrogen-bond acceptors (Lipinski definition) is 3. The van der Waals surface area contributed by atoms with E-state index in [9.17, 15) is 18.0 Å². The van der Waals surface area contributed by atoms with Crippen molar-refractivity contribution in [2.75, 3.05) is 11.9 Å². The highest BCUT2D eigenvalue weighted by Gasteiger charge is 2.33. The van der Waals surface area contributed by atoms with Gasteiger partial charge in [0, 0.05) is 12.1 Å². The van der Waals surface area contributed by atoms with E-state index in [4.69, 9.17) is 28.6 Å². The maximum atomic E-state index is 12.7. The molecule has 1 aromatic carbocycles. The number of carbonyl (C=O) groups excluding carboxylic acids is 1. The molecule has 1 aromatic rings. The average Bonchev–Trinajstić information content (AvgIpc) is 2.76. The first kappa shape index (κ1) is 15.8. The lowest BCUT2D eigenvalue weighted by Crippen LogP contribution is -2.40. The average molecular weight is 339 g/mol. The number of rotatable bonds is 2. The van der Waals surface area contributed by atoms with E-state index in [0.29, 0.717) is 6.42 Å². The van der Waals surface area contributed by atoms with Crippen molar-refractivity contribution in [1.82, 2.24) is 5.32 Å². The van der Waals surface area contributed by atoms with Crippen molar-refractivity contribution in [3.8, 4) is 0 Å². The van der Waals surface area contributed by atoms with Crippen molar-refractivity contribution in [2.24, 2.45) is 0 Å². The first-order valence-corrected chi connectivity index (χ1v) is 6.67. The first-order chi connectivity index (χ1) is 9.77. The third-order valence-electron chi connectivity index (χ3n) is 2.77. The summed E-state index contributed by atoms with van der Waals surface area (Å²) >= 11 is 10.5. The van der Waals surface area contributed by atoms with Crippen LogP contribution in [0.1, 0.15) is 12.0 Å². The molecule has 1 aliphatic heterocycles. The lowest BCUT2D eigenvalue weighted by Gasteiger charge is -2.15. The molecule has 0 bridgehead atoms. The van der Waals surface area contributed by atoms with Crippen LogP contribution in [0.5, 0.6) is 0 Å². The summed E-state index contributed by atoms with van der Waals surface area (Å²) in [5.74, 6) is -0.439. The minimum absolute atomic E-state index is 0.0364. The fraction of sp³-hybridized carbons (Fsp3) is 0.333. The van der Waals surface area contributed by atoms with E-state index < -0.39 is 28.8 Å². The van der Waals surface area contributed by atoms with Crippen LogP contribution in [0.3, 0.4) is 0 Å². The number of halogens is 4. The maximum absolute atomic E-state index is 12.7. The number of benzene rings is 1. The summed E-state index contributed by atoms with van der Waals surface area (Å²) in [5, 5.41) is 4.90. The topological polar surface area (TPSA) is 50.4 Å². The van der Waals surface area contributed by atoms with E-state index in [1.54, 1.807) is 0 Å². The molecule has 0 spiro atoms. The Kier molecular flexibility index (Phi) is 4.58. The van der Waals surface area contributed by atoms with E-state index in [0.717, 1.165) is 12.1 Å². The summed E-state index contributed by atoms with van der Waals surface area (Å²) in [6.45, 7) is 0.290. The van der Waals surface area contributed by atoms with Crippen molar-refractivity contribution < 1.29 is 22.7 Å². The van der Waals surface area contributed by atoms with Crippen LogP contribution in [-0.4, -0.2) is 23.7 Å². The van der Waals surface area contributed by atoms with Gasteiger partial charge in [0.25, 0.3) is 0 Å². The lowest BCUT2D eigenvalue weighted by atomic mass is 10.2. The second-order valence-corrected chi connectivity index (χ2v) is 5.12. The van der Waals surface area contributed by atoms with Crippen LogP contribution in [0.4, 0.5) is 18.9 Å². The minimum atomic E-state index is -4.56. The van der Waals surface area contributed by atoms with Gasteiger partial charge in [0.1, 0.15) is 6.04 Å². The third-order valence-corrected chi connectivity index (χ3v) is 3.32. The Bertz CT molecular complexity index is 580. The summed E-state index contributed by atoms with van der Waals surface area (Å²) in [7, 11) is 0. The van der Waals surface area contributed by atoms with Gasteiger partial charge in [0.15, 0.2) is 5.11 Å². The van der Waals surface area contributed by atoms with Crippen LogP contribution in [-0.2, 0) is 15.7 Å². The summed E-state index contributed by atoms with van der Waals surface area (Å²) in [6.07, 6.45) is -4.10. The monoisotopic (exact) mass is 338 g/mol. The predicted octanol–water partition coefficient (Wildman–Crippen LogP) is 2.96. The number of hydrogen-bond donors (Lipinski definition) is 2. The molecule has 2 N–H and O–H groups in total. The summed E-state index contributed by atoms with van der Waals surface area (Å²) in [4.78, 5) is 11.3. The Labute approximate surface area is 128 Å². The summed E-state index contributed by atoms with van der Waals surface area (Å²) < 4.78 is 42.9. The van der Waals surface area contributed by atoms with Gasteiger partial charge < -0.3 is 15.4 Å². The number of nitrogens with one attached hydrogen (secondary N) is 2. The van der Waals surface area contributed by atoms with E-state index in [-0.39, 0.29) is 17.4 Å².